The van der Waals surface area contributed by atoms with Crippen LogP contribution in [0.5, 0.6) is 0 Å². The second-order valence-electron chi connectivity index (χ2n) is 20.8. The van der Waals surface area contributed by atoms with Gasteiger partial charge in [0, 0.05) is 93.7 Å². The van der Waals surface area contributed by atoms with Crippen molar-refractivity contribution in [3.8, 4) is 0 Å². The number of hydrogen-bond acceptors (Lipinski definition) is 19. The van der Waals surface area contributed by atoms with Gasteiger partial charge >= 0.3 is 17.9 Å². The molecule has 4 aliphatic heterocycles. The van der Waals surface area contributed by atoms with Gasteiger partial charge in [-0.25, -0.2) is 53.8 Å². The molecule has 0 spiro atoms. The Morgan fingerprint density at radius 1 is 0.662 bits per heavy atom. The maximum atomic E-state index is 13.9. The van der Waals surface area contributed by atoms with Crippen LogP contribution in [0.2, 0.25) is 10.0 Å². The molecule has 4 fully saturated rings. The Kier molecular flexibility index (Phi) is 18.0. The highest BCUT2D eigenvalue weighted by Gasteiger charge is 2.49. The van der Waals surface area contributed by atoms with Crippen LogP contribution in [0.1, 0.15) is 98.4 Å². The summed E-state index contributed by atoms with van der Waals surface area (Å²) in [6, 6.07) is 6.11. The van der Waals surface area contributed by atoms with Crippen LogP contribution in [0, 0.1) is 35.3 Å². The fraction of sp³-hybridized carbons (Fsp3) is 0.491. The molecule has 0 radical (unpaired) electrons. The molecule has 4 aromatic rings. The predicted molar refractivity (Wildman–Crippen MR) is 298 cm³/mol. The second-order valence-corrected chi connectivity index (χ2v) is 27.9. The lowest BCUT2D eigenvalue weighted by Gasteiger charge is -2.44. The van der Waals surface area contributed by atoms with Crippen LogP contribution in [0.25, 0.3) is 0 Å². The summed E-state index contributed by atoms with van der Waals surface area (Å²) >= 11 is 15.6. The van der Waals surface area contributed by atoms with Crippen LogP contribution in [0.15, 0.2) is 92.1 Å². The molecular weight excluding hydrogens is 1160 g/mol. The van der Waals surface area contributed by atoms with Gasteiger partial charge in [0.15, 0.2) is 21.7 Å². The first-order valence-electron chi connectivity index (χ1n) is 25.9. The summed E-state index contributed by atoms with van der Waals surface area (Å²) in [5, 5.41) is 20.8. The highest BCUT2D eigenvalue weighted by Crippen LogP contribution is 2.45. The molecule has 3 N–H and O–H groups in total. The summed E-state index contributed by atoms with van der Waals surface area (Å²) < 4.78 is 98.9. The van der Waals surface area contributed by atoms with E-state index in [2.05, 4.69) is 20.6 Å². The first kappa shape index (κ1) is 59.4. The van der Waals surface area contributed by atoms with Crippen molar-refractivity contribution >= 4 is 95.5 Å². The van der Waals surface area contributed by atoms with Crippen molar-refractivity contribution in [3.05, 3.63) is 125 Å². The van der Waals surface area contributed by atoms with Crippen molar-refractivity contribution in [2.45, 2.75) is 93.4 Å². The number of hydrogen-bond donors (Lipinski definition) is 3. The number of nitrogens with one attached hydrogen (secondary N) is 2. The number of carbonyl (C=O) groups excluding carboxylic acids is 3. The van der Waals surface area contributed by atoms with Gasteiger partial charge in [0.05, 0.1) is 54.5 Å². The number of sulfonamides is 2. The van der Waals surface area contributed by atoms with E-state index in [1.54, 1.807) is 31.6 Å². The lowest BCUT2D eigenvalue weighted by Crippen LogP contribution is -2.52. The molecule has 19 nitrogen and oxygen atoms in total. The zero-order chi connectivity index (χ0) is 57.4. The molecule has 2 unspecified atom stereocenters. The van der Waals surface area contributed by atoms with Gasteiger partial charge in [-0.1, -0.05) is 35.3 Å². The molecule has 80 heavy (non-hydrogen) atoms. The zero-order valence-electron chi connectivity index (χ0n) is 44.2. The van der Waals surface area contributed by atoms with Crippen molar-refractivity contribution in [1.29, 1.82) is 0 Å². The summed E-state index contributed by atoms with van der Waals surface area (Å²) in [6.45, 7) is 4.51. The average molecular weight is 1220 g/mol. The summed E-state index contributed by atoms with van der Waals surface area (Å²) in [4.78, 5) is 56.3. The van der Waals surface area contributed by atoms with Crippen molar-refractivity contribution in [2.75, 3.05) is 47.5 Å². The molecule has 2 saturated carbocycles. The van der Waals surface area contributed by atoms with Gasteiger partial charge in [0.25, 0.3) is 0 Å². The molecule has 0 amide bonds. The first-order chi connectivity index (χ1) is 38.0. The quantitative estimate of drug-likeness (QED) is 0.0817. The Labute approximate surface area is 480 Å². The van der Waals surface area contributed by atoms with E-state index in [4.69, 9.17) is 47.4 Å². The number of allylic oxidation sites excluding steroid dienone is 2. The molecule has 2 saturated heterocycles. The number of thiazole rings is 2. The van der Waals surface area contributed by atoms with Gasteiger partial charge < -0.3 is 30.0 Å². The highest BCUT2D eigenvalue weighted by molar-refractivity contribution is 7.90. The third kappa shape index (κ3) is 12.3. The number of piperidine rings is 2. The molecule has 10 rings (SSSR count). The monoisotopic (exact) mass is 1220 g/mol. The maximum absolute atomic E-state index is 13.9. The van der Waals surface area contributed by atoms with Crippen LogP contribution in [-0.4, -0.2) is 134 Å². The fourth-order valence-electron chi connectivity index (χ4n) is 11.0. The van der Waals surface area contributed by atoms with Crippen LogP contribution < -0.4 is 10.6 Å². The summed E-state index contributed by atoms with van der Waals surface area (Å²) in [5.41, 5.74) is 1.61. The molecule has 0 bridgehead atoms. The Balaban J connectivity index is 0.000000194. The Bertz CT molecular complexity index is 3350. The molecule has 6 heterocycles. The Hall–Kier alpha value is -5.25. The number of carbonyl (C=O) groups is 3. The van der Waals surface area contributed by atoms with E-state index < -0.39 is 71.8 Å². The largest absolute Gasteiger partial charge is 0.469 e. The summed E-state index contributed by atoms with van der Waals surface area (Å²) in [5.74, 6) is -2.60. The average Bonchev–Trinajstić information content (AvgIpc) is 4.28. The molecule has 2 aromatic carbocycles. The normalized spacial score (nSPS) is 24.4. The van der Waals surface area contributed by atoms with Gasteiger partial charge in [0.1, 0.15) is 23.7 Å². The van der Waals surface area contributed by atoms with Crippen LogP contribution in [0.3, 0.4) is 0 Å². The maximum Gasteiger partial charge on any atom is 0.338 e. The van der Waals surface area contributed by atoms with Crippen LogP contribution in [-0.2, 0) is 48.6 Å². The van der Waals surface area contributed by atoms with E-state index in [0.717, 1.165) is 0 Å². The second kappa shape index (κ2) is 24.3. The lowest BCUT2D eigenvalue weighted by molar-refractivity contribution is -0.148. The lowest BCUT2D eigenvalue weighted by atomic mass is 9.74. The summed E-state index contributed by atoms with van der Waals surface area (Å²) in [7, 11) is -3.24. The van der Waals surface area contributed by atoms with E-state index >= 15 is 0 Å². The number of aromatic nitrogens is 2. The van der Waals surface area contributed by atoms with Crippen molar-refractivity contribution in [2.24, 2.45) is 33.7 Å². The van der Waals surface area contributed by atoms with E-state index in [-0.39, 0.29) is 76.8 Å². The Morgan fingerprint density at radius 3 is 1.40 bits per heavy atom. The van der Waals surface area contributed by atoms with Crippen LogP contribution in [0.4, 0.5) is 8.78 Å². The molecule has 6 aliphatic rings. The van der Waals surface area contributed by atoms with Gasteiger partial charge in [-0.3, -0.25) is 14.8 Å². The number of aliphatic imine (C=N–C) groups is 2. The van der Waals surface area contributed by atoms with E-state index in [1.807, 2.05) is 5.38 Å². The number of halogens is 4. The number of amidine groups is 2. The minimum Gasteiger partial charge on any atom is -0.469 e. The minimum absolute atomic E-state index is 0.0391. The standard InChI is InChI=1S/C27H32ClFN4O5S2.C26H28ClFN4O6S2/c1-27(2,35)16-12-18(13-16)40(36,37)33-9-6-15(7-10-33)22-21(26(34)38-3)23(19-5-4-17(29)14-20(19)28)32-24(31-22)25-30-8-11-39-25;1-37-25(33)15-11-17(12-15)40(35,36)32-8-5-14(6-9-32)21-20(26(34)38-2)22(18-4-3-16(28)13-19(18)27)31-23(30-21)24-29-7-10-39-24/h4-5,8,11,14-16,18,23,35H,6-7,9-10,12-13H2,1-3H3,(H,31,32);3-4,7,10,13-15,17,22H,5-6,8-9,11-12H2,1-2H3,(H,30,31). The third-order valence-electron chi connectivity index (χ3n) is 15.8. The third-order valence-corrected chi connectivity index (χ3v) is 22.6. The number of aliphatic hydroxyl groups is 1. The number of ether oxygens (including phenoxy) is 3. The van der Waals surface area contributed by atoms with E-state index in [0.29, 0.717) is 95.8 Å². The predicted octanol–water partition coefficient (Wildman–Crippen LogP) is 7.49. The topological polar surface area (TPSA) is 248 Å². The SMILES string of the molecule is COC(=O)C1=C(C2CCN(S(=O)(=O)C3CC(C(=O)OC)C3)CC2)NC(c2nccs2)=NC1c1ccc(F)cc1Cl.COC(=O)C1=C(C2CCN(S(=O)(=O)C3CC(C(C)(C)O)C3)CC2)NC(c2nccs2)=NC1c1ccc(F)cc1Cl. The van der Waals surface area contributed by atoms with Crippen molar-refractivity contribution in [3.63, 3.8) is 0 Å². The molecule has 2 aliphatic carbocycles. The Morgan fingerprint density at radius 2 is 1.06 bits per heavy atom. The molecule has 2 aromatic heterocycles. The van der Waals surface area contributed by atoms with Crippen molar-refractivity contribution in [1.82, 2.24) is 29.2 Å². The fourth-order valence-corrected chi connectivity index (χ4v) is 16.9. The number of benzene rings is 2. The first-order valence-corrected chi connectivity index (χ1v) is 31.4. The number of methoxy groups -OCH3 is 3. The molecule has 27 heteroatoms. The minimum atomic E-state index is -3.59. The highest BCUT2D eigenvalue weighted by atomic mass is 35.5. The van der Waals surface area contributed by atoms with Gasteiger partial charge in [-0.05, 0) is 95.4 Å². The number of rotatable bonds is 14. The smallest absolute Gasteiger partial charge is 0.338 e. The van der Waals surface area contributed by atoms with Crippen LogP contribution >= 0.6 is 45.9 Å². The van der Waals surface area contributed by atoms with E-state index in [9.17, 15) is 45.1 Å². The zero-order valence-corrected chi connectivity index (χ0v) is 49.0. The molecule has 430 valence electrons. The molecule has 2 atom stereocenters. The number of nitrogens with zero attached hydrogens (tertiary/aromatic N) is 6. The van der Waals surface area contributed by atoms with Gasteiger partial charge in [-0.15, -0.1) is 22.7 Å². The van der Waals surface area contributed by atoms with Gasteiger partial charge in [0.2, 0.25) is 20.0 Å². The van der Waals surface area contributed by atoms with Gasteiger partial charge in [-0.2, -0.15) is 0 Å². The van der Waals surface area contributed by atoms with E-state index in [1.165, 1.54) is 89.0 Å². The summed E-state index contributed by atoms with van der Waals surface area (Å²) in [6.07, 6.45) is 6.49. The van der Waals surface area contributed by atoms with Crippen molar-refractivity contribution < 1.29 is 59.3 Å². The molecular formula is C53H60Cl2F2N8O11S4. The number of esters is 3.